The quantitative estimate of drug-likeness (QED) is 0.794. The largest absolute Gasteiger partial charge is 0.476 e. The Labute approximate surface area is 123 Å². The molecule has 20 heavy (non-hydrogen) atoms. The van der Waals surface area contributed by atoms with Crippen molar-refractivity contribution < 1.29 is 4.74 Å². The fourth-order valence-corrected chi connectivity index (χ4v) is 2.27. The lowest BCUT2D eigenvalue weighted by Crippen LogP contribution is -2.39. The van der Waals surface area contributed by atoms with Crippen LogP contribution in [0.5, 0.6) is 5.88 Å². The highest BCUT2D eigenvalue weighted by atomic mass is 16.5. The summed E-state index contributed by atoms with van der Waals surface area (Å²) >= 11 is 0. The number of pyridine rings is 1. The van der Waals surface area contributed by atoms with E-state index in [1.165, 1.54) is 5.56 Å². The van der Waals surface area contributed by atoms with Crippen LogP contribution in [0.2, 0.25) is 0 Å². The van der Waals surface area contributed by atoms with Crippen LogP contribution in [0, 0.1) is 0 Å². The lowest BCUT2D eigenvalue weighted by molar-refractivity contribution is 0.140. The first kappa shape index (κ1) is 16.9. The van der Waals surface area contributed by atoms with Crippen molar-refractivity contribution in [3.8, 4) is 5.88 Å². The Bertz CT molecular complexity index is 368. The Morgan fingerprint density at radius 3 is 2.25 bits per heavy atom. The van der Waals surface area contributed by atoms with Crippen molar-refractivity contribution >= 4 is 0 Å². The third-order valence-electron chi connectivity index (χ3n) is 3.62. The van der Waals surface area contributed by atoms with Gasteiger partial charge in [-0.15, -0.1) is 0 Å². The molecule has 0 saturated carbocycles. The van der Waals surface area contributed by atoms with E-state index in [0.29, 0.717) is 30.6 Å². The predicted molar refractivity (Wildman–Crippen MR) is 84.2 cm³/mol. The maximum atomic E-state index is 5.73. The van der Waals surface area contributed by atoms with Gasteiger partial charge in [0.1, 0.15) is 6.61 Å². The lowest BCUT2D eigenvalue weighted by atomic mass is 10.1. The van der Waals surface area contributed by atoms with Crippen LogP contribution in [-0.4, -0.2) is 42.2 Å². The van der Waals surface area contributed by atoms with Gasteiger partial charge in [-0.2, -0.15) is 0 Å². The number of nitrogens with one attached hydrogen (secondary N) is 1. The van der Waals surface area contributed by atoms with E-state index in [0.717, 1.165) is 6.54 Å². The average molecular weight is 279 g/mol. The van der Waals surface area contributed by atoms with Crippen molar-refractivity contribution in [2.45, 2.75) is 52.7 Å². The highest BCUT2D eigenvalue weighted by Gasteiger charge is 2.13. The van der Waals surface area contributed by atoms with Crippen LogP contribution >= 0.6 is 0 Å². The summed E-state index contributed by atoms with van der Waals surface area (Å²) in [7, 11) is 1.95. The van der Waals surface area contributed by atoms with Gasteiger partial charge in [-0.3, -0.25) is 4.90 Å². The summed E-state index contributed by atoms with van der Waals surface area (Å²) in [5.74, 6) is 0.699. The minimum Gasteiger partial charge on any atom is -0.476 e. The third kappa shape index (κ3) is 5.10. The molecule has 1 heterocycles. The van der Waals surface area contributed by atoms with E-state index in [-0.39, 0.29) is 0 Å². The van der Waals surface area contributed by atoms with Crippen LogP contribution in [0.25, 0.3) is 0 Å². The molecule has 1 rings (SSSR count). The Kier molecular flexibility index (Phi) is 6.96. The summed E-state index contributed by atoms with van der Waals surface area (Å²) in [6.45, 7) is 12.6. The minimum atomic E-state index is 0.314. The fraction of sp³-hybridized carbons (Fsp3) is 0.688. The fourth-order valence-electron chi connectivity index (χ4n) is 2.27. The van der Waals surface area contributed by atoms with Crippen LogP contribution in [0.3, 0.4) is 0 Å². The van der Waals surface area contributed by atoms with Gasteiger partial charge >= 0.3 is 0 Å². The Morgan fingerprint density at radius 2 is 1.80 bits per heavy atom. The zero-order valence-corrected chi connectivity index (χ0v) is 13.7. The molecule has 4 nitrogen and oxygen atoms in total. The van der Waals surface area contributed by atoms with Crippen LogP contribution < -0.4 is 10.1 Å². The van der Waals surface area contributed by atoms with Gasteiger partial charge in [0.25, 0.3) is 0 Å². The molecule has 114 valence electrons. The van der Waals surface area contributed by atoms with Gasteiger partial charge in [-0.25, -0.2) is 4.98 Å². The molecular formula is C16H29N3O. The summed E-state index contributed by atoms with van der Waals surface area (Å²) in [5, 5.41) is 3.20. The standard InChI is InChI=1S/C16H29N3O/c1-12(2)19(13(3)4)9-10-20-16-8-7-15(11-18-16)14(5)17-6/h7-8,11-14,17H,9-10H2,1-6H3. The topological polar surface area (TPSA) is 37.4 Å². The van der Waals surface area contributed by atoms with Crippen LogP contribution in [0.1, 0.15) is 46.2 Å². The van der Waals surface area contributed by atoms with Crippen molar-refractivity contribution in [3.05, 3.63) is 23.9 Å². The average Bonchev–Trinajstić information content (AvgIpc) is 2.42. The minimum absolute atomic E-state index is 0.314. The monoisotopic (exact) mass is 279 g/mol. The molecule has 0 saturated heterocycles. The first-order valence-electron chi connectivity index (χ1n) is 7.47. The van der Waals surface area contributed by atoms with E-state index in [4.69, 9.17) is 4.74 Å². The molecule has 0 aromatic carbocycles. The first-order chi connectivity index (χ1) is 9.45. The molecule has 0 bridgehead atoms. The SMILES string of the molecule is CNC(C)c1ccc(OCCN(C(C)C)C(C)C)nc1. The van der Waals surface area contributed by atoms with Crippen LogP contribution in [0.15, 0.2) is 18.3 Å². The van der Waals surface area contributed by atoms with Crippen molar-refractivity contribution in [1.82, 2.24) is 15.2 Å². The van der Waals surface area contributed by atoms with Gasteiger partial charge in [-0.1, -0.05) is 6.07 Å². The number of hydrogen-bond donors (Lipinski definition) is 1. The molecule has 0 aliphatic carbocycles. The Balaban J connectivity index is 2.46. The molecule has 0 fully saturated rings. The van der Waals surface area contributed by atoms with Gasteiger partial charge in [0.2, 0.25) is 5.88 Å². The second-order valence-electron chi connectivity index (χ2n) is 5.71. The van der Waals surface area contributed by atoms with Gasteiger partial charge < -0.3 is 10.1 Å². The van der Waals surface area contributed by atoms with Crippen LogP contribution in [-0.2, 0) is 0 Å². The predicted octanol–water partition coefficient (Wildman–Crippen LogP) is 2.86. The summed E-state index contributed by atoms with van der Waals surface area (Å²) in [6, 6.07) is 5.38. The summed E-state index contributed by atoms with van der Waals surface area (Å²) in [6.07, 6.45) is 1.87. The van der Waals surface area contributed by atoms with Crippen molar-refractivity contribution in [2.75, 3.05) is 20.2 Å². The number of hydrogen-bond acceptors (Lipinski definition) is 4. The normalized spacial score (nSPS) is 13.2. The molecule has 1 aromatic heterocycles. The highest BCUT2D eigenvalue weighted by molar-refractivity contribution is 5.20. The van der Waals surface area contributed by atoms with E-state index >= 15 is 0 Å². The molecule has 1 unspecified atom stereocenters. The van der Waals surface area contributed by atoms with Gasteiger partial charge in [0.05, 0.1) is 0 Å². The molecule has 0 aliphatic rings. The molecule has 0 aliphatic heterocycles. The van der Waals surface area contributed by atoms with E-state index in [2.05, 4.69) is 55.9 Å². The molecule has 0 amide bonds. The Morgan fingerprint density at radius 1 is 1.15 bits per heavy atom. The molecular weight excluding hydrogens is 250 g/mol. The molecule has 1 N–H and O–H groups in total. The van der Waals surface area contributed by atoms with Crippen molar-refractivity contribution in [2.24, 2.45) is 0 Å². The number of ether oxygens (including phenoxy) is 1. The summed E-state index contributed by atoms with van der Waals surface area (Å²) in [4.78, 5) is 6.77. The van der Waals surface area contributed by atoms with Gasteiger partial charge in [0, 0.05) is 36.9 Å². The molecule has 0 radical (unpaired) electrons. The van der Waals surface area contributed by atoms with Crippen molar-refractivity contribution in [1.29, 1.82) is 0 Å². The highest BCUT2D eigenvalue weighted by Crippen LogP contribution is 2.14. The summed E-state index contributed by atoms with van der Waals surface area (Å²) in [5.41, 5.74) is 1.17. The van der Waals surface area contributed by atoms with E-state index in [1.807, 2.05) is 19.3 Å². The zero-order valence-electron chi connectivity index (χ0n) is 13.7. The Hall–Kier alpha value is -1.13. The first-order valence-corrected chi connectivity index (χ1v) is 7.47. The summed E-state index contributed by atoms with van der Waals surface area (Å²) < 4.78 is 5.73. The third-order valence-corrected chi connectivity index (χ3v) is 3.62. The number of rotatable bonds is 8. The van der Waals surface area contributed by atoms with Crippen molar-refractivity contribution in [3.63, 3.8) is 0 Å². The molecule has 1 atom stereocenters. The molecule has 4 heteroatoms. The maximum absolute atomic E-state index is 5.73. The van der Waals surface area contributed by atoms with E-state index < -0.39 is 0 Å². The zero-order chi connectivity index (χ0) is 15.1. The smallest absolute Gasteiger partial charge is 0.213 e. The maximum Gasteiger partial charge on any atom is 0.213 e. The number of nitrogens with zero attached hydrogens (tertiary/aromatic N) is 2. The molecule has 0 spiro atoms. The lowest BCUT2D eigenvalue weighted by Gasteiger charge is -2.30. The van der Waals surface area contributed by atoms with E-state index in [1.54, 1.807) is 0 Å². The molecule has 1 aromatic rings. The number of aromatic nitrogens is 1. The second-order valence-corrected chi connectivity index (χ2v) is 5.71. The second kappa shape index (κ2) is 8.22. The van der Waals surface area contributed by atoms with Gasteiger partial charge in [-0.05, 0) is 47.2 Å². The van der Waals surface area contributed by atoms with E-state index in [9.17, 15) is 0 Å². The van der Waals surface area contributed by atoms with Crippen LogP contribution in [0.4, 0.5) is 0 Å². The van der Waals surface area contributed by atoms with Gasteiger partial charge in [0.15, 0.2) is 0 Å².